The molecule has 0 aliphatic rings. The number of pyridine rings is 2. The van der Waals surface area contributed by atoms with Gasteiger partial charge in [-0.15, -0.1) is 0 Å². The van der Waals surface area contributed by atoms with Crippen LogP contribution in [0.1, 0.15) is 21.6 Å². The van der Waals surface area contributed by atoms with Crippen molar-refractivity contribution in [3.05, 3.63) is 59.7 Å². The third-order valence-corrected chi connectivity index (χ3v) is 2.22. The third-order valence-electron chi connectivity index (χ3n) is 2.22. The molecule has 0 aliphatic carbocycles. The molecule has 1 N–H and O–H groups in total. The zero-order chi connectivity index (χ0) is 12.8. The minimum Gasteiger partial charge on any atom is -0.267 e. The minimum atomic E-state index is -0.263. The molecular weight excluding hydrogens is 228 g/mol. The van der Waals surface area contributed by atoms with Crippen molar-refractivity contribution >= 4 is 12.1 Å². The second-order valence-electron chi connectivity index (χ2n) is 3.67. The molecule has 5 heteroatoms. The number of hydrogen-bond acceptors (Lipinski definition) is 4. The van der Waals surface area contributed by atoms with Crippen LogP contribution in [0.15, 0.2) is 48.0 Å². The predicted molar refractivity (Wildman–Crippen MR) is 68.3 cm³/mol. The molecule has 0 unspecified atom stereocenters. The van der Waals surface area contributed by atoms with Crippen LogP contribution in [-0.2, 0) is 0 Å². The highest BCUT2D eigenvalue weighted by atomic mass is 16.2. The van der Waals surface area contributed by atoms with Crippen LogP contribution in [0.2, 0.25) is 0 Å². The Morgan fingerprint density at radius 2 is 2.28 bits per heavy atom. The molecule has 5 nitrogen and oxygen atoms in total. The zero-order valence-corrected chi connectivity index (χ0v) is 9.87. The summed E-state index contributed by atoms with van der Waals surface area (Å²) >= 11 is 0. The van der Waals surface area contributed by atoms with E-state index in [1.54, 1.807) is 43.0 Å². The van der Waals surface area contributed by atoms with E-state index >= 15 is 0 Å². The van der Waals surface area contributed by atoms with E-state index in [4.69, 9.17) is 0 Å². The van der Waals surface area contributed by atoms with Gasteiger partial charge in [0.05, 0.1) is 6.21 Å². The minimum absolute atomic E-state index is 0.263. The molecule has 2 aromatic rings. The van der Waals surface area contributed by atoms with Crippen LogP contribution in [0.4, 0.5) is 0 Å². The fourth-order valence-electron chi connectivity index (χ4n) is 1.37. The molecule has 0 aliphatic heterocycles. The number of amides is 1. The van der Waals surface area contributed by atoms with Gasteiger partial charge in [0.15, 0.2) is 0 Å². The number of aryl methyl sites for hydroxylation is 1. The third kappa shape index (κ3) is 3.21. The quantitative estimate of drug-likeness (QED) is 0.653. The van der Waals surface area contributed by atoms with Gasteiger partial charge in [0.25, 0.3) is 5.91 Å². The van der Waals surface area contributed by atoms with Crippen molar-refractivity contribution < 1.29 is 4.79 Å². The first kappa shape index (κ1) is 11.9. The number of rotatable bonds is 3. The first-order valence-corrected chi connectivity index (χ1v) is 5.42. The lowest BCUT2D eigenvalue weighted by Crippen LogP contribution is -2.17. The number of nitrogens with zero attached hydrogens (tertiary/aromatic N) is 3. The second kappa shape index (κ2) is 5.67. The molecule has 2 heterocycles. The average molecular weight is 240 g/mol. The summed E-state index contributed by atoms with van der Waals surface area (Å²) in [7, 11) is 0. The zero-order valence-electron chi connectivity index (χ0n) is 9.87. The molecule has 0 saturated heterocycles. The van der Waals surface area contributed by atoms with Crippen molar-refractivity contribution in [2.45, 2.75) is 6.92 Å². The fourth-order valence-corrected chi connectivity index (χ4v) is 1.37. The lowest BCUT2D eigenvalue weighted by Gasteiger charge is -2.00. The monoisotopic (exact) mass is 240 g/mol. The molecule has 2 rings (SSSR count). The van der Waals surface area contributed by atoms with E-state index in [1.807, 2.05) is 13.0 Å². The summed E-state index contributed by atoms with van der Waals surface area (Å²) in [5.74, 6) is -0.263. The standard InChI is InChI=1S/C13H12N4O/c1-10-7-12(4-6-15-10)13(18)17-16-9-11-3-2-5-14-8-11/h2-9H,1H3,(H,17,18)/b16-9-. The number of aromatic nitrogens is 2. The van der Waals surface area contributed by atoms with Crippen LogP contribution >= 0.6 is 0 Å². The number of nitrogens with one attached hydrogen (secondary N) is 1. The first-order chi connectivity index (χ1) is 8.75. The molecule has 1 amide bonds. The van der Waals surface area contributed by atoms with Gasteiger partial charge < -0.3 is 0 Å². The smallest absolute Gasteiger partial charge is 0.267 e. The normalized spacial score (nSPS) is 10.5. The van der Waals surface area contributed by atoms with Crippen LogP contribution in [0, 0.1) is 6.92 Å². The molecule has 90 valence electrons. The Hall–Kier alpha value is -2.56. The van der Waals surface area contributed by atoms with E-state index in [9.17, 15) is 4.79 Å². The van der Waals surface area contributed by atoms with Crippen molar-refractivity contribution in [2.75, 3.05) is 0 Å². The number of carbonyl (C=O) groups excluding carboxylic acids is 1. The molecule has 0 saturated carbocycles. The predicted octanol–water partition coefficient (Wildman–Crippen LogP) is 1.55. The summed E-state index contributed by atoms with van der Waals surface area (Å²) in [5.41, 5.74) is 4.60. The first-order valence-electron chi connectivity index (χ1n) is 5.42. The Balaban J connectivity index is 1.99. The molecular formula is C13H12N4O. The Bertz CT molecular complexity index is 566. The second-order valence-corrected chi connectivity index (χ2v) is 3.67. The van der Waals surface area contributed by atoms with Gasteiger partial charge in [0, 0.05) is 35.4 Å². The van der Waals surface area contributed by atoms with Crippen LogP contribution in [0.5, 0.6) is 0 Å². The molecule has 0 bridgehead atoms. The van der Waals surface area contributed by atoms with E-state index in [2.05, 4.69) is 20.5 Å². The Kier molecular flexibility index (Phi) is 3.76. The van der Waals surface area contributed by atoms with E-state index in [0.29, 0.717) is 5.56 Å². The van der Waals surface area contributed by atoms with Crippen molar-refractivity contribution in [2.24, 2.45) is 5.10 Å². The molecule has 2 aromatic heterocycles. The highest BCUT2D eigenvalue weighted by molar-refractivity contribution is 5.94. The molecule has 18 heavy (non-hydrogen) atoms. The lowest BCUT2D eigenvalue weighted by atomic mass is 10.2. The summed E-state index contributed by atoms with van der Waals surface area (Å²) in [5, 5.41) is 3.86. The molecule has 0 fully saturated rings. The highest BCUT2D eigenvalue weighted by Crippen LogP contribution is 2.00. The van der Waals surface area contributed by atoms with Gasteiger partial charge in [0.1, 0.15) is 0 Å². The van der Waals surface area contributed by atoms with E-state index in [-0.39, 0.29) is 5.91 Å². The lowest BCUT2D eigenvalue weighted by molar-refractivity contribution is 0.0955. The van der Waals surface area contributed by atoms with Crippen molar-refractivity contribution in [3.63, 3.8) is 0 Å². The summed E-state index contributed by atoms with van der Waals surface area (Å²) in [6.45, 7) is 1.83. The maximum Gasteiger partial charge on any atom is 0.271 e. The summed E-state index contributed by atoms with van der Waals surface area (Å²) in [6, 6.07) is 6.99. The molecule has 0 spiro atoms. The number of hydrogen-bond donors (Lipinski definition) is 1. The number of carbonyl (C=O) groups is 1. The largest absolute Gasteiger partial charge is 0.271 e. The fraction of sp³-hybridized carbons (Fsp3) is 0.0769. The molecule has 0 radical (unpaired) electrons. The Labute approximate surface area is 105 Å². The van der Waals surface area contributed by atoms with Gasteiger partial charge in [-0.2, -0.15) is 5.10 Å². The van der Waals surface area contributed by atoms with Crippen LogP contribution in [-0.4, -0.2) is 22.1 Å². The molecule has 0 atom stereocenters. The van der Waals surface area contributed by atoms with Gasteiger partial charge in [-0.05, 0) is 25.1 Å². The molecule has 0 aromatic carbocycles. The van der Waals surface area contributed by atoms with Crippen LogP contribution in [0.3, 0.4) is 0 Å². The summed E-state index contributed by atoms with van der Waals surface area (Å²) < 4.78 is 0. The van der Waals surface area contributed by atoms with E-state index in [1.165, 1.54) is 0 Å². The van der Waals surface area contributed by atoms with Gasteiger partial charge in [-0.1, -0.05) is 6.07 Å². The van der Waals surface area contributed by atoms with E-state index < -0.39 is 0 Å². The Morgan fingerprint density at radius 3 is 3.00 bits per heavy atom. The highest BCUT2D eigenvalue weighted by Gasteiger charge is 2.03. The average Bonchev–Trinajstić information content (AvgIpc) is 2.40. The summed E-state index contributed by atoms with van der Waals surface area (Å²) in [6.07, 6.45) is 6.47. The van der Waals surface area contributed by atoms with Gasteiger partial charge in [-0.3, -0.25) is 14.8 Å². The topological polar surface area (TPSA) is 67.2 Å². The maximum atomic E-state index is 11.7. The maximum absolute atomic E-state index is 11.7. The van der Waals surface area contributed by atoms with Crippen LogP contribution in [0.25, 0.3) is 0 Å². The van der Waals surface area contributed by atoms with Gasteiger partial charge >= 0.3 is 0 Å². The van der Waals surface area contributed by atoms with E-state index in [0.717, 1.165) is 11.3 Å². The van der Waals surface area contributed by atoms with Gasteiger partial charge in [-0.25, -0.2) is 5.43 Å². The van der Waals surface area contributed by atoms with Crippen molar-refractivity contribution in [1.29, 1.82) is 0 Å². The Morgan fingerprint density at radius 1 is 1.39 bits per heavy atom. The van der Waals surface area contributed by atoms with Gasteiger partial charge in [0.2, 0.25) is 0 Å². The van der Waals surface area contributed by atoms with Crippen molar-refractivity contribution in [1.82, 2.24) is 15.4 Å². The number of hydrazone groups is 1. The SMILES string of the molecule is Cc1cc(C(=O)N/N=C\c2cccnc2)ccn1. The van der Waals surface area contributed by atoms with Crippen molar-refractivity contribution in [3.8, 4) is 0 Å². The summed E-state index contributed by atoms with van der Waals surface area (Å²) in [4.78, 5) is 19.7. The van der Waals surface area contributed by atoms with Crippen LogP contribution < -0.4 is 5.43 Å².